The minimum absolute atomic E-state index is 0.0289. The van der Waals surface area contributed by atoms with E-state index >= 15 is 0 Å². The number of hydrogen-bond acceptors (Lipinski definition) is 3. The molecule has 6 heteroatoms. The lowest BCUT2D eigenvalue weighted by atomic mass is 9.49. The molecule has 4 fully saturated rings. The summed E-state index contributed by atoms with van der Waals surface area (Å²) >= 11 is 0. The van der Waals surface area contributed by atoms with E-state index in [1.54, 1.807) is 17.3 Å². The van der Waals surface area contributed by atoms with E-state index in [1.165, 1.54) is 51.1 Å². The minimum Gasteiger partial charge on any atom is -0.355 e. The largest absolute Gasteiger partial charge is 0.355 e. The molecule has 35 heavy (non-hydrogen) atoms. The van der Waals surface area contributed by atoms with Crippen molar-refractivity contribution in [3.63, 3.8) is 0 Å². The van der Waals surface area contributed by atoms with E-state index < -0.39 is 11.3 Å². The van der Waals surface area contributed by atoms with Crippen LogP contribution in [0, 0.1) is 23.2 Å². The van der Waals surface area contributed by atoms with E-state index in [0.717, 1.165) is 30.6 Å². The summed E-state index contributed by atoms with van der Waals surface area (Å²) in [5.74, 6) is 1.70. The lowest BCUT2D eigenvalue weighted by molar-refractivity contribution is -0.0629. The molecule has 2 aromatic rings. The number of aryl methyl sites for hydroxylation is 2. The summed E-state index contributed by atoms with van der Waals surface area (Å²) in [6, 6.07) is 10.2. The molecule has 1 aromatic heterocycles. The van der Waals surface area contributed by atoms with Crippen LogP contribution in [-0.2, 0) is 13.0 Å². The van der Waals surface area contributed by atoms with Gasteiger partial charge in [0.25, 0.3) is 11.8 Å². The second kappa shape index (κ2) is 9.63. The van der Waals surface area contributed by atoms with Crippen molar-refractivity contribution >= 4 is 11.8 Å². The van der Waals surface area contributed by atoms with Gasteiger partial charge in [0.1, 0.15) is 11.1 Å². The molecule has 1 aromatic carbocycles. The maximum Gasteiger partial charge on any atom is 0.259 e. The number of rotatable bonds is 8. The number of amides is 2. The minimum atomic E-state index is -0.481. The first-order valence-corrected chi connectivity index (χ1v) is 13.1. The van der Waals surface area contributed by atoms with Crippen molar-refractivity contribution in [3.05, 3.63) is 69.6 Å². The monoisotopic (exact) mass is 475 g/mol. The van der Waals surface area contributed by atoms with Crippen LogP contribution in [0.5, 0.6) is 0 Å². The van der Waals surface area contributed by atoms with E-state index in [0.29, 0.717) is 13.1 Å². The third-order valence-corrected chi connectivity index (χ3v) is 8.59. The van der Waals surface area contributed by atoms with Crippen molar-refractivity contribution in [2.75, 3.05) is 20.6 Å². The predicted molar refractivity (Wildman–Crippen MR) is 136 cm³/mol. The summed E-state index contributed by atoms with van der Waals surface area (Å²) in [6.45, 7) is 1.32. The van der Waals surface area contributed by atoms with Gasteiger partial charge >= 0.3 is 0 Å². The smallest absolute Gasteiger partial charge is 0.259 e. The van der Waals surface area contributed by atoms with Gasteiger partial charge in [-0.05, 0) is 80.1 Å². The molecule has 0 spiro atoms. The molecule has 4 saturated carbocycles. The van der Waals surface area contributed by atoms with E-state index in [1.807, 2.05) is 29.8 Å². The Morgan fingerprint density at radius 2 is 1.60 bits per heavy atom. The molecule has 0 radical (unpaired) electrons. The van der Waals surface area contributed by atoms with Crippen LogP contribution >= 0.6 is 0 Å². The summed E-state index contributed by atoms with van der Waals surface area (Å²) in [7, 11) is 3.34. The van der Waals surface area contributed by atoms with Crippen molar-refractivity contribution in [1.82, 2.24) is 14.8 Å². The van der Waals surface area contributed by atoms with Crippen LogP contribution in [0.1, 0.15) is 71.2 Å². The second-order valence-corrected chi connectivity index (χ2v) is 11.4. The molecule has 6 nitrogen and oxygen atoms in total. The van der Waals surface area contributed by atoms with Crippen LogP contribution in [-0.4, -0.2) is 41.9 Å². The van der Waals surface area contributed by atoms with Gasteiger partial charge in [-0.1, -0.05) is 30.3 Å². The molecule has 0 unspecified atom stereocenters. The first-order valence-electron chi connectivity index (χ1n) is 13.1. The molecule has 0 aliphatic heterocycles. The van der Waals surface area contributed by atoms with Gasteiger partial charge in [0.2, 0.25) is 5.43 Å². The number of aromatic nitrogens is 1. The van der Waals surface area contributed by atoms with Crippen molar-refractivity contribution in [3.8, 4) is 0 Å². The topological polar surface area (TPSA) is 71.4 Å². The average molecular weight is 476 g/mol. The Morgan fingerprint density at radius 3 is 2.20 bits per heavy atom. The third-order valence-electron chi connectivity index (χ3n) is 8.59. The number of hydrogen-bond donors (Lipinski definition) is 1. The van der Waals surface area contributed by atoms with Crippen molar-refractivity contribution < 1.29 is 9.59 Å². The highest BCUT2D eigenvalue weighted by molar-refractivity contribution is 5.99. The second-order valence-electron chi connectivity index (χ2n) is 11.4. The fourth-order valence-electron chi connectivity index (χ4n) is 7.58. The van der Waals surface area contributed by atoms with Gasteiger partial charge < -0.3 is 14.8 Å². The summed E-state index contributed by atoms with van der Waals surface area (Å²) in [6.07, 6.45) is 12.7. The quantitative estimate of drug-likeness (QED) is 0.624. The maximum atomic E-state index is 13.6. The zero-order valence-corrected chi connectivity index (χ0v) is 21.0. The SMILES string of the molecule is CNC(=O)c1cn(CCCc2ccccc2)cc(C(=O)N(C)CC23CC4CC(CC(C4)C2)C3)c1=O. The van der Waals surface area contributed by atoms with Gasteiger partial charge in [0.15, 0.2) is 0 Å². The molecule has 186 valence electrons. The number of carbonyl (C=O) groups is 2. The molecule has 4 aliphatic carbocycles. The highest BCUT2D eigenvalue weighted by Crippen LogP contribution is 2.60. The Morgan fingerprint density at radius 1 is 1.00 bits per heavy atom. The molecule has 6 rings (SSSR count). The summed E-state index contributed by atoms with van der Waals surface area (Å²) in [5, 5.41) is 2.55. The lowest BCUT2D eigenvalue weighted by Crippen LogP contribution is -2.51. The molecular formula is C29H37N3O3. The molecule has 0 atom stereocenters. The van der Waals surface area contributed by atoms with Crippen LogP contribution in [0.2, 0.25) is 0 Å². The van der Waals surface area contributed by atoms with Gasteiger partial charge in [0, 0.05) is 39.6 Å². The highest BCUT2D eigenvalue weighted by atomic mass is 16.2. The summed E-state index contributed by atoms with van der Waals surface area (Å²) in [5.41, 5.74) is 1.09. The van der Waals surface area contributed by atoms with Gasteiger partial charge in [-0.15, -0.1) is 0 Å². The van der Waals surface area contributed by atoms with Gasteiger partial charge in [-0.2, -0.15) is 0 Å². The van der Waals surface area contributed by atoms with Gasteiger partial charge in [-0.3, -0.25) is 14.4 Å². The standard InChI is InChI=1S/C29H37N3O3/c1-30-27(34)24-17-32(10-6-9-20-7-4-3-5-8-20)18-25(26(24)33)28(35)31(2)19-29-14-21-11-22(15-29)13-23(12-21)16-29/h3-5,7-8,17-18,21-23H,6,9-16,19H2,1-2H3,(H,30,34). The van der Waals surface area contributed by atoms with E-state index in [4.69, 9.17) is 0 Å². The molecule has 1 heterocycles. The zero-order valence-electron chi connectivity index (χ0n) is 21.0. The normalized spacial score (nSPS) is 26.5. The fourth-order valence-corrected chi connectivity index (χ4v) is 7.58. The van der Waals surface area contributed by atoms with E-state index in [2.05, 4.69) is 17.4 Å². The van der Waals surface area contributed by atoms with Crippen LogP contribution in [0.3, 0.4) is 0 Å². The molecule has 1 N–H and O–H groups in total. The van der Waals surface area contributed by atoms with Crippen LogP contribution in [0.4, 0.5) is 0 Å². The number of nitrogens with zero attached hydrogens (tertiary/aromatic N) is 2. The Labute approximate surface area is 207 Å². The molecular weight excluding hydrogens is 438 g/mol. The Hall–Kier alpha value is -2.89. The first kappa shape index (κ1) is 23.8. The maximum absolute atomic E-state index is 13.6. The fraction of sp³-hybridized carbons (Fsp3) is 0.552. The van der Waals surface area contributed by atoms with E-state index in [-0.39, 0.29) is 22.4 Å². The summed E-state index contributed by atoms with van der Waals surface area (Å²) in [4.78, 5) is 41.0. The molecule has 4 aliphatic rings. The number of pyridine rings is 1. The average Bonchev–Trinajstić information content (AvgIpc) is 2.83. The summed E-state index contributed by atoms with van der Waals surface area (Å²) < 4.78 is 1.83. The van der Waals surface area contributed by atoms with Crippen LogP contribution in [0.25, 0.3) is 0 Å². The third kappa shape index (κ3) is 4.93. The van der Waals surface area contributed by atoms with Gasteiger partial charge in [0.05, 0.1) is 0 Å². The van der Waals surface area contributed by atoms with Crippen LogP contribution < -0.4 is 10.7 Å². The number of benzene rings is 1. The van der Waals surface area contributed by atoms with Gasteiger partial charge in [-0.25, -0.2) is 0 Å². The van der Waals surface area contributed by atoms with Crippen molar-refractivity contribution in [2.24, 2.45) is 23.2 Å². The van der Waals surface area contributed by atoms with E-state index in [9.17, 15) is 14.4 Å². The predicted octanol–water partition coefficient (Wildman–Crippen LogP) is 4.13. The highest BCUT2D eigenvalue weighted by Gasteiger charge is 2.51. The number of nitrogens with one attached hydrogen (secondary N) is 1. The van der Waals surface area contributed by atoms with Crippen LogP contribution in [0.15, 0.2) is 47.5 Å². The Kier molecular flexibility index (Phi) is 6.56. The van der Waals surface area contributed by atoms with Crippen molar-refractivity contribution in [1.29, 1.82) is 0 Å². The zero-order chi connectivity index (χ0) is 24.6. The molecule has 0 saturated heterocycles. The lowest BCUT2D eigenvalue weighted by Gasteiger charge is -2.57. The molecule has 2 amide bonds. The first-order chi connectivity index (χ1) is 16.9. The Balaban J connectivity index is 1.35. The van der Waals surface area contributed by atoms with Crippen molar-refractivity contribution in [2.45, 2.75) is 57.9 Å². The molecule has 4 bridgehead atoms. The Bertz CT molecular complexity index is 1120. The number of carbonyl (C=O) groups excluding carboxylic acids is 2.